The van der Waals surface area contributed by atoms with Gasteiger partial charge in [0.25, 0.3) is 0 Å². The van der Waals surface area contributed by atoms with Crippen molar-refractivity contribution in [3.8, 4) is 0 Å². The molecule has 124 valence electrons. The third-order valence-electron chi connectivity index (χ3n) is 3.21. The van der Waals surface area contributed by atoms with Crippen LogP contribution in [0.5, 0.6) is 0 Å². The molecule has 0 aliphatic heterocycles. The second kappa shape index (κ2) is 8.77. The van der Waals surface area contributed by atoms with Crippen LogP contribution in [-0.4, -0.2) is 37.7 Å². The number of ketones is 2. The molecular formula is C16H17FO6. The highest BCUT2D eigenvalue weighted by atomic mass is 19.1. The Kier molecular flexibility index (Phi) is 7.05. The number of methoxy groups -OCH3 is 2. The zero-order valence-corrected chi connectivity index (χ0v) is 12.8. The molecule has 0 N–H and O–H groups in total. The van der Waals surface area contributed by atoms with Crippen molar-refractivity contribution in [3.05, 3.63) is 35.6 Å². The van der Waals surface area contributed by atoms with E-state index in [1.807, 2.05) is 0 Å². The molecule has 0 spiro atoms. The van der Waals surface area contributed by atoms with Crippen molar-refractivity contribution < 1.29 is 33.0 Å². The summed E-state index contributed by atoms with van der Waals surface area (Å²) in [6.07, 6.45) is -0.641. The summed E-state index contributed by atoms with van der Waals surface area (Å²) in [6, 6.07) is 4.83. The van der Waals surface area contributed by atoms with Gasteiger partial charge in [-0.15, -0.1) is 0 Å². The second-order valence-electron chi connectivity index (χ2n) is 4.78. The van der Waals surface area contributed by atoms with Crippen LogP contribution in [-0.2, 0) is 23.9 Å². The number of hydrogen-bond donors (Lipinski definition) is 0. The summed E-state index contributed by atoms with van der Waals surface area (Å²) in [5.41, 5.74) is 0.220. The van der Waals surface area contributed by atoms with E-state index in [0.29, 0.717) is 0 Å². The smallest absolute Gasteiger partial charge is 0.320 e. The first kappa shape index (κ1) is 18.5. The average Bonchev–Trinajstić information content (AvgIpc) is 2.54. The van der Waals surface area contributed by atoms with Crippen LogP contribution < -0.4 is 0 Å². The number of esters is 2. The Labute approximate surface area is 132 Å². The molecule has 7 heteroatoms. The number of carbonyl (C=O) groups excluding carboxylic acids is 4. The van der Waals surface area contributed by atoms with Gasteiger partial charge in [-0.25, -0.2) is 4.39 Å². The van der Waals surface area contributed by atoms with E-state index in [2.05, 4.69) is 9.47 Å². The third kappa shape index (κ3) is 5.61. The molecule has 0 unspecified atom stereocenters. The van der Waals surface area contributed by atoms with Crippen molar-refractivity contribution in [2.24, 2.45) is 5.92 Å². The Balaban J connectivity index is 2.58. The lowest BCUT2D eigenvalue weighted by Gasteiger charge is -2.11. The fourth-order valence-corrected chi connectivity index (χ4v) is 1.93. The Morgan fingerprint density at radius 3 is 2.00 bits per heavy atom. The maximum absolute atomic E-state index is 12.8. The molecule has 0 amide bonds. The molecule has 0 aliphatic rings. The van der Waals surface area contributed by atoms with Crippen molar-refractivity contribution in [1.29, 1.82) is 0 Å². The van der Waals surface area contributed by atoms with E-state index in [0.717, 1.165) is 26.4 Å². The van der Waals surface area contributed by atoms with Gasteiger partial charge in [0.2, 0.25) is 0 Å². The zero-order chi connectivity index (χ0) is 17.4. The van der Waals surface area contributed by atoms with Crippen molar-refractivity contribution in [2.75, 3.05) is 14.2 Å². The van der Waals surface area contributed by atoms with E-state index in [9.17, 15) is 23.6 Å². The van der Waals surface area contributed by atoms with Crippen LogP contribution in [0.4, 0.5) is 4.39 Å². The Morgan fingerprint density at radius 2 is 1.52 bits per heavy atom. The monoisotopic (exact) mass is 324 g/mol. The maximum atomic E-state index is 12.8. The third-order valence-corrected chi connectivity index (χ3v) is 3.21. The minimum atomic E-state index is -1.20. The molecule has 0 fully saturated rings. The van der Waals surface area contributed by atoms with Crippen LogP contribution in [0.15, 0.2) is 24.3 Å². The Hall–Kier alpha value is -2.57. The van der Waals surface area contributed by atoms with Gasteiger partial charge in [-0.3, -0.25) is 19.2 Å². The molecule has 0 aromatic heterocycles. The van der Waals surface area contributed by atoms with Gasteiger partial charge < -0.3 is 9.47 Å². The van der Waals surface area contributed by atoms with Gasteiger partial charge in [0.05, 0.1) is 20.6 Å². The molecule has 0 radical (unpaired) electrons. The van der Waals surface area contributed by atoms with Gasteiger partial charge in [-0.1, -0.05) is 0 Å². The van der Waals surface area contributed by atoms with E-state index >= 15 is 0 Å². The number of halogens is 1. The number of hydrogen-bond acceptors (Lipinski definition) is 6. The van der Waals surface area contributed by atoms with Crippen molar-refractivity contribution >= 4 is 23.5 Å². The first-order chi connectivity index (χ1) is 10.9. The van der Waals surface area contributed by atoms with Crippen LogP contribution in [0.3, 0.4) is 0 Å². The second-order valence-corrected chi connectivity index (χ2v) is 4.78. The predicted molar refractivity (Wildman–Crippen MR) is 77.1 cm³/mol. The average molecular weight is 324 g/mol. The molecule has 0 saturated carbocycles. The highest BCUT2D eigenvalue weighted by molar-refractivity contribution is 6.08. The van der Waals surface area contributed by atoms with Crippen molar-refractivity contribution in [2.45, 2.75) is 19.3 Å². The highest BCUT2D eigenvalue weighted by Crippen LogP contribution is 2.13. The van der Waals surface area contributed by atoms with Crippen molar-refractivity contribution in [3.63, 3.8) is 0 Å². The van der Waals surface area contributed by atoms with Gasteiger partial charge in [-0.2, -0.15) is 0 Å². The molecule has 1 rings (SSSR count). The van der Waals surface area contributed by atoms with Crippen LogP contribution >= 0.6 is 0 Å². The molecule has 0 atom stereocenters. The SMILES string of the molecule is COC(=O)C(CCC(=O)CC(=O)c1ccc(F)cc1)C(=O)OC. The first-order valence-corrected chi connectivity index (χ1v) is 6.85. The lowest BCUT2D eigenvalue weighted by molar-refractivity contribution is -0.159. The van der Waals surface area contributed by atoms with Crippen LogP contribution in [0.2, 0.25) is 0 Å². The van der Waals surface area contributed by atoms with Gasteiger partial charge in [-0.05, 0) is 30.7 Å². The molecule has 1 aromatic rings. The molecule has 23 heavy (non-hydrogen) atoms. The molecular weight excluding hydrogens is 307 g/mol. The summed E-state index contributed by atoms with van der Waals surface area (Å²) < 4.78 is 21.7. The zero-order valence-electron chi connectivity index (χ0n) is 12.8. The predicted octanol–water partition coefficient (Wildman–Crippen LogP) is 1.71. The number of ether oxygens (including phenoxy) is 2. The summed E-state index contributed by atoms with van der Waals surface area (Å²) >= 11 is 0. The van der Waals surface area contributed by atoms with Crippen LogP contribution in [0.1, 0.15) is 29.6 Å². The maximum Gasteiger partial charge on any atom is 0.320 e. The van der Waals surface area contributed by atoms with Crippen molar-refractivity contribution in [1.82, 2.24) is 0 Å². The van der Waals surface area contributed by atoms with Crippen LogP contribution in [0.25, 0.3) is 0 Å². The van der Waals surface area contributed by atoms with E-state index in [-0.39, 0.29) is 24.8 Å². The van der Waals surface area contributed by atoms with E-state index in [4.69, 9.17) is 0 Å². The molecule has 0 saturated heterocycles. The van der Waals surface area contributed by atoms with Gasteiger partial charge in [0.15, 0.2) is 11.7 Å². The number of Topliss-reactive ketones (excluding diaryl/α,β-unsaturated/α-hetero) is 2. The van der Waals surface area contributed by atoms with Gasteiger partial charge in [0, 0.05) is 12.0 Å². The summed E-state index contributed by atoms with van der Waals surface area (Å²) in [5.74, 6) is -4.16. The summed E-state index contributed by atoms with van der Waals surface area (Å²) in [7, 11) is 2.25. The normalized spacial score (nSPS) is 10.3. The molecule has 0 heterocycles. The standard InChI is InChI=1S/C16H17FO6/c1-22-15(20)13(16(21)23-2)8-7-12(18)9-14(19)10-3-5-11(17)6-4-10/h3-6,13H,7-9H2,1-2H3. The number of rotatable bonds is 8. The quantitative estimate of drug-likeness (QED) is 0.411. The molecule has 6 nitrogen and oxygen atoms in total. The van der Waals surface area contributed by atoms with E-state index < -0.39 is 35.2 Å². The summed E-state index contributed by atoms with van der Waals surface area (Å²) in [6.45, 7) is 0. The van der Waals surface area contributed by atoms with Gasteiger partial charge >= 0.3 is 11.9 Å². The highest BCUT2D eigenvalue weighted by Gasteiger charge is 2.29. The molecule has 0 bridgehead atoms. The molecule has 1 aromatic carbocycles. The first-order valence-electron chi connectivity index (χ1n) is 6.85. The summed E-state index contributed by atoms with van der Waals surface area (Å²) in [5, 5.41) is 0. The Bertz CT molecular complexity index is 577. The summed E-state index contributed by atoms with van der Waals surface area (Å²) in [4.78, 5) is 46.6. The minimum Gasteiger partial charge on any atom is -0.468 e. The van der Waals surface area contributed by atoms with Crippen LogP contribution in [0, 0.1) is 11.7 Å². The number of carbonyl (C=O) groups is 4. The fraction of sp³-hybridized carbons (Fsp3) is 0.375. The fourth-order valence-electron chi connectivity index (χ4n) is 1.93. The number of benzene rings is 1. The lowest BCUT2D eigenvalue weighted by Crippen LogP contribution is -2.27. The topological polar surface area (TPSA) is 86.7 Å². The lowest BCUT2D eigenvalue weighted by atomic mass is 9.98. The van der Waals surface area contributed by atoms with Gasteiger partial charge in [0.1, 0.15) is 11.6 Å². The Morgan fingerprint density at radius 1 is 1.00 bits per heavy atom. The minimum absolute atomic E-state index is 0.102. The van der Waals surface area contributed by atoms with E-state index in [1.54, 1.807) is 0 Å². The van der Waals surface area contributed by atoms with E-state index in [1.165, 1.54) is 12.1 Å². The largest absolute Gasteiger partial charge is 0.468 e. The molecule has 0 aliphatic carbocycles.